The lowest BCUT2D eigenvalue weighted by molar-refractivity contribution is -0.161. The van der Waals surface area contributed by atoms with Gasteiger partial charge in [-0.05, 0) is 52.6 Å². The second kappa shape index (κ2) is 14.0. The molecule has 0 aromatic rings. The summed E-state index contributed by atoms with van der Waals surface area (Å²) in [7, 11) is 7.01. The van der Waals surface area contributed by atoms with Crippen LogP contribution in [0.2, 0.25) is 0 Å². The molecule has 0 aliphatic carbocycles. The summed E-state index contributed by atoms with van der Waals surface area (Å²) < 4.78 is 11.2. The molecule has 0 spiro atoms. The van der Waals surface area contributed by atoms with E-state index >= 15 is 0 Å². The maximum Gasteiger partial charge on any atom is 0.309 e. The molecule has 0 saturated carbocycles. The molecule has 5 atom stereocenters. The van der Waals surface area contributed by atoms with Crippen molar-refractivity contribution in [2.45, 2.75) is 105 Å². The lowest BCUT2D eigenvalue weighted by atomic mass is 9.90. The van der Waals surface area contributed by atoms with Gasteiger partial charge in [-0.25, -0.2) is 0 Å². The summed E-state index contributed by atoms with van der Waals surface area (Å²) in [6.45, 7) is 17.4. The predicted molar refractivity (Wildman–Crippen MR) is 136 cm³/mol. The summed E-state index contributed by atoms with van der Waals surface area (Å²) in [6.07, 6.45) is 0.299. The molecular formula is C26H51N3O5. The molecule has 0 aromatic heterocycles. The molecule has 0 fully saturated rings. The van der Waals surface area contributed by atoms with Gasteiger partial charge in [0.2, 0.25) is 11.8 Å². The standard InChI is InChI=1S/C26H51N3O5/c1-14-18(6)23(19(33-13)15-20(30)34-26(7,8)9)29(12)25(32)21(16(2)3)27-24(31)22(17(4)5)28(10)11/h16-19,21-23H,14-15H2,1-13H3,(H,27,31)/t18?,19-,21+,22+,23+/m1/s1. The van der Waals surface area contributed by atoms with E-state index in [2.05, 4.69) is 5.32 Å². The molecule has 2 amide bonds. The highest BCUT2D eigenvalue weighted by atomic mass is 16.6. The lowest BCUT2D eigenvalue weighted by Crippen LogP contribution is -2.59. The van der Waals surface area contributed by atoms with Crippen molar-refractivity contribution in [2.75, 3.05) is 28.3 Å². The molecule has 0 aliphatic rings. The summed E-state index contributed by atoms with van der Waals surface area (Å²) in [5.41, 5.74) is -0.602. The smallest absolute Gasteiger partial charge is 0.309 e. The zero-order valence-corrected chi connectivity index (χ0v) is 23.9. The van der Waals surface area contributed by atoms with E-state index in [0.717, 1.165) is 6.42 Å². The molecule has 0 aromatic carbocycles. The average molecular weight is 486 g/mol. The minimum absolute atomic E-state index is 0.0369. The highest BCUT2D eigenvalue weighted by Gasteiger charge is 2.39. The number of likely N-dealkylation sites (N-methyl/N-ethyl adjacent to an activating group) is 2. The highest BCUT2D eigenvalue weighted by Crippen LogP contribution is 2.24. The van der Waals surface area contributed by atoms with Crippen LogP contribution in [0, 0.1) is 17.8 Å². The summed E-state index contributed by atoms with van der Waals surface area (Å²) >= 11 is 0. The number of carbonyl (C=O) groups excluding carboxylic acids is 3. The van der Waals surface area contributed by atoms with Gasteiger partial charge in [0.15, 0.2) is 0 Å². The summed E-state index contributed by atoms with van der Waals surface area (Å²) in [5, 5.41) is 3.00. The number of methoxy groups -OCH3 is 1. The normalized spacial score (nSPS) is 16.7. The Morgan fingerprint density at radius 3 is 1.82 bits per heavy atom. The van der Waals surface area contributed by atoms with Crippen molar-refractivity contribution in [2.24, 2.45) is 17.8 Å². The van der Waals surface area contributed by atoms with Gasteiger partial charge in [0.1, 0.15) is 11.6 Å². The molecule has 0 bridgehead atoms. The van der Waals surface area contributed by atoms with Crippen LogP contribution in [0.5, 0.6) is 0 Å². The summed E-state index contributed by atoms with van der Waals surface area (Å²) in [5.74, 6) is -0.685. The number of ether oxygens (including phenoxy) is 2. The van der Waals surface area contributed by atoms with E-state index in [4.69, 9.17) is 9.47 Å². The zero-order valence-electron chi connectivity index (χ0n) is 23.9. The van der Waals surface area contributed by atoms with Gasteiger partial charge in [0, 0.05) is 14.2 Å². The van der Waals surface area contributed by atoms with Crippen LogP contribution in [0.3, 0.4) is 0 Å². The molecule has 0 heterocycles. The number of nitrogens with one attached hydrogen (secondary N) is 1. The molecule has 0 saturated heterocycles. The zero-order chi connectivity index (χ0) is 27.0. The fourth-order valence-corrected chi connectivity index (χ4v) is 4.38. The number of hydrogen-bond acceptors (Lipinski definition) is 6. The third-order valence-electron chi connectivity index (χ3n) is 6.18. The Labute approximate surface area is 208 Å². The SMILES string of the molecule is CCC(C)[C@@H]([C@@H](CC(=O)OC(C)(C)C)OC)N(C)C(=O)[C@@H](NC(=O)[C@H](C(C)C)N(C)C)C(C)C. The van der Waals surface area contributed by atoms with Crippen LogP contribution >= 0.6 is 0 Å². The third kappa shape index (κ3) is 9.90. The average Bonchev–Trinajstić information content (AvgIpc) is 2.68. The van der Waals surface area contributed by atoms with E-state index in [1.165, 1.54) is 0 Å². The Kier molecular flexibility index (Phi) is 13.3. The Morgan fingerprint density at radius 2 is 1.47 bits per heavy atom. The number of amides is 2. The summed E-state index contributed by atoms with van der Waals surface area (Å²) in [6, 6.07) is -1.39. The Hall–Kier alpha value is -1.67. The van der Waals surface area contributed by atoms with Gasteiger partial charge in [0.25, 0.3) is 0 Å². The molecule has 1 N–H and O–H groups in total. The number of esters is 1. The second-order valence-corrected chi connectivity index (χ2v) is 11.3. The maximum absolute atomic E-state index is 13.7. The Balaban J connectivity index is 5.90. The molecular weight excluding hydrogens is 434 g/mol. The first kappa shape index (κ1) is 32.3. The van der Waals surface area contributed by atoms with Crippen LogP contribution in [0.1, 0.15) is 75.2 Å². The first-order valence-electron chi connectivity index (χ1n) is 12.5. The largest absolute Gasteiger partial charge is 0.460 e. The summed E-state index contributed by atoms with van der Waals surface area (Å²) in [4.78, 5) is 42.9. The van der Waals surface area contributed by atoms with Gasteiger partial charge < -0.3 is 19.7 Å². The van der Waals surface area contributed by atoms with E-state index in [9.17, 15) is 14.4 Å². The molecule has 8 heteroatoms. The van der Waals surface area contributed by atoms with Crippen LogP contribution < -0.4 is 5.32 Å². The van der Waals surface area contributed by atoms with Gasteiger partial charge in [-0.3, -0.25) is 19.3 Å². The van der Waals surface area contributed by atoms with Gasteiger partial charge in [-0.2, -0.15) is 0 Å². The molecule has 0 radical (unpaired) electrons. The minimum Gasteiger partial charge on any atom is -0.460 e. The van der Waals surface area contributed by atoms with Crippen LogP contribution in [0.4, 0.5) is 0 Å². The van der Waals surface area contributed by atoms with Crippen molar-refractivity contribution in [3.63, 3.8) is 0 Å². The molecule has 0 aliphatic heterocycles. The van der Waals surface area contributed by atoms with E-state index in [-0.39, 0.29) is 54.0 Å². The first-order valence-corrected chi connectivity index (χ1v) is 12.5. The fourth-order valence-electron chi connectivity index (χ4n) is 4.38. The first-order chi connectivity index (χ1) is 15.5. The Bertz CT molecular complexity index is 649. The van der Waals surface area contributed by atoms with Crippen molar-refractivity contribution in [1.29, 1.82) is 0 Å². The number of carbonyl (C=O) groups is 3. The third-order valence-corrected chi connectivity index (χ3v) is 6.18. The van der Waals surface area contributed by atoms with E-state index < -0.39 is 17.7 Å². The lowest BCUT2D eigenvalue weighted by Gasteiger charge is -2.40. The fraction of sp³-hybridized carbons (Fsp3) is 0.885. The van der Waals surface area contributed by atoms with Crippen molar-refractivity contribution < 1.29 is 23.9 Å². The number of rotatable bonds is 13. The quantitative estimate of drug-likeness (QED) is 0.403. The van der Waals surface area contributed by atoms with Gasteiger partial charge in [-0.15, -0.1) is 0 Å². The second-order valence-electron chi connectivity index (χ2n) is 11.3. The van der Waals surface area contributed by atoms with E-state index in [0.29, 0.717) is 0 Å². The van der Waals surface area contributed by atoms with Crippen LogP contribution in [-0.4, -0.2) is 85.7 Å². The highest BCUT2D eigenvalue weighted by molar-refractivity contribution is 5.90. The van der Waals surface area contributed by atoms with Crippen molar-refractivity contribution in [3.05, 3.63) is 0 Å². The van der Waals surface area contributed by atoms with Crippen molar-refractivity contribution in [1.82, 2.24) is 15.1 Å². The molecule has 34 heavy (non-hydrogen) atoms. The number of hydrogen-bond donors (Lipinski definition) is 1. The predicted octanol–water partition coefficient (Wildman–Crippen LogP) is 3.33. The maximum atomic E-state index is 13.7. The van der Waals surface area contributed by atoms with Crippen LogP contribution in [0.25, 0.3) is 0 Å². The van der Waals surface area contributed by atoms with Crippen LogP contribution in [0.15, 0.2) is 0 Å². The van der Waals surface area contributed by atoms with Crippen molar-refractivity contribution >= 4 is 17.8 Å². The van der Waals surface area contributed by atoms with Gasteiger partial charge in [0.05, 0.1) is 24.6 Å². The Morgan fingerprint density at radius 1 is 0.941 bits per heavy atom. The van der Waals surface area contributed by atoms with Gasteiger partial charge >= 0.3 is 5.97 Å². The number of nitrogens with zero attached hydrogens (tertiary/aromatic N) is 2. The monoisotopic (exact) mass is 485 g/mol. The molecule has 0 rings (SSSR count). The van der Waals surface area contributed by atoms with E-state index in [1.807, 2.05) is 81.3 Å². The molecule has 1 unspecified atom stereocenters. The topological polar surface area (TPSA) is 88.2 Å². The molecule has 8 nitrogen and oxygen atoms in total. The van der Waals surface area contributed by atoms with Crippen LogP contribution in [-0.2, 0) is 23.9 Å². The minimum atomic E-state index is -0.690. The van der Waals surface area contributed by atoms with E-state index in [1.54, 1.807) is 19.1 Å². The van der Waals surface area contributed by atoms with Crippen molar-refractivity contribution in [3.8, 4) is 0 Å². The van der Waals surface area contributed by atoms with Gasteiger partial charge in [-0.1, -0.05) is 48.0 Å². The molecule has 200 valence electrons.